The van der Waals surface area contributed by atoms with Crippen LogP contribution in [0.25, 0.3) is 0 Å². The van der Waals surface area contributed by atoms with Crippen LogP contribution in [0, 0.1) is 19.8 Å². The van der Waals surface area contributed by atoms with Crippen LogP contribution in [0.5, 0.6) is 0 Å². The van der Waals surface area contributed by atoms with Gasteiger partial charge in [-0.15, -0.1) is 0 Å². The van der Waals surface area contributed by atoms with Gasteiger partial charge in [-0.1, -0.05) is 41.4 Å². The fourth-order valence-electron chi connectivity index (χ4n) is 3.29. The van der Waals surface area contributed by atoms with Crippen LogP contribution in [0.4, 0.5) is 0 Å². The molecular formula is C19H24ClN3O2. The van der Waals surface area contributed by atoms with Gasteiger partial charge < -0.3 is 10.0 Å². The molecule has 25 heavy (non-hydrogen) atoms. The van der Waals surface area contributed by atoms with Gasteiger partial charge in [0.1, 0.15) is 5.15 Å². The molecule has 1 fully saturated rings. The second-order valence-electron chi connectivity index (χ2n) is 6.93. The lowest BCUT2D eigenvalue weighted by atomic mass is 10.0. The second kappa shape index (κ2) is 7.18. The number of aryl methyl sites for hydroxylation is 2. The maximum atomic E-state index is 12.9. The average Bonchev–Trinajstić information content (AvgIpc) is 3.15. The Morgan fingerprint density at radius 2 is 2.04 bits per heavy atom. The number of aliphatic hydroxyl groups excluding tert-OH is 1. The van der Waals surface area contributed by atoms with Gasteiger partial charge in [-0.05, 0) is 32.8 Å². The van der Waals surface area contributed by atoms with Crippen molar-refractivity contribution in [2.24, 2.45) is 5.92 Å². The molecule has 0 unspecified atom stereocenters. The minimum Gasteiger partial charge on any atom is -0.393 e. The van der Waals surface area contributed by atoms with Crippen LogP contribution < -0.4 is 0 Å². The van der Waals surface area contributed by atoms with E-state index in [0.717, 1.165) is 12.0 Å². The molecule has 5 nitrogen and oxygen atoms in total. The fourth-order valence-corrected chi connectivity index (χ4v) is 3.61. The zero-order chi connectivity index (χ0) is 18.1. The van der Waals surface area contributed by atoms with Crippen molar-refractivity contribution in [2.75, 3.05) is 13.1 Å². The molecule has 1 aliphatic heterocycles. The van der Waals surface area contributed by atoms with Crippen molar-refractivity contribution in [3.63, 3.8) is 0 Å². The molecule has 0 saturated carbocycles. The van der Waals surface area contributed by atoms with E-state index >= 15 is 0 Å². The molecule has 2 heterocycles. The summed E-state index contributed by atoms with van der Waals surface area (Å²) in [5.74, 6) is 0.0337. The number of likely N-dealkylation sites (tertiary alicyclic amines) is 1. The van der Waals surface area contributed by atoms with Crippen LogP contribution >= 0.6 is 11.6 Å². The molecule has 1 aromatic carbocycles. The smallest absolute Gasteiger partial charge is 0.258 e. The minimum absolute atomic E-state index is 0.0965. The molecule has 1 aromatic heterocycles. The lowest BCUT2D eigenvalue weighted by Gasteiger charge is -2.17. The molecule has 6 heteroatoms. The van der Waals surface area contributed by atoms with E-state index in [9.17, 15) is 9.90 Å². The van der Waals surface area contributed by atoms with Gasteiger partial charge in [0.05, 0.1) is 23.9 Å². The lowest BCUT2D eigenvalue weighted by Crippen LogP contribution is -2.30. The standard InChI is InChI=1S/C19H24ClN3O2/c1-12-4-6-15(7-5-12)10-23-18(20)17(13(2)21-23)19(25)22-9-8-16(11-22)14(3)24/h4-7,14,16,24H,8-11H2,1-3H3/t14-,16-/m1/s1. The molecule has 2 aromatic rings. The zero-order valence-electron chi connectivity index (χ0n) is 14.9. The highest BCUT2D eigenvalue weighted by atomic mass is 35.5. The number of carbonyl (C=O) groups excluding carboxylic acids is 1. The number of hydrogen-bond donors (Lipinski definition) is 1. The molecule has 0 radical (unpaired) electrons. The maximum absolute atomic E-state index is 12.9. The Morgan fingerprint density at radius 1 is 1.36 bits per heavy atom. The predicted molar refractivity (Wildman–Crippen MR) is 97.9 cm³/mol. The monoisotopic (exact) mass is 361 g/mol. The Balaban J connectivity index is 1.80. The number of rotatable bonds is 4. The summed E-state index contributed by atoms with van der Waals surface area (Å²) in [5, 5.41) is 14.6. The van der Waals surface area contributed by atoms with Gasteiger partial charge in [0.15, 0.2) is 0 Å². The van der Waals surface area contributed by atoms with Crippen molar-refractivity contribution < 1.29 is 9.90 Å². The van der Waals surface area contributed by atoms with Crippen LogP contribution in [0.15, 0.2) is 24.3 Å². The van der Waals surface area contributed by atoms with Crippen LogP contribution in [-0.4, -0.2) is 44.9 Å². The molecule has 3 rings (SSSR count). The van der Waals surface area contributed by atoms with E-state index in [4.69, 9.17) is 11.6 Å². The first-order valence-electron chi connectivity index (χ1n) is 8.62. The third-order valence-electron chi connectivity index (χ3n) is 4.93. The van der Waals surface area contributed by atoms with E-state index < -0.39 is 6.10 Å². The number of halogens is 1. The van der Waals surface area contributed by atoms with E-state index in [1.165, 1.54) is 5.56 Å². The first-order valence-corrected chi connectivity index (χ1v) is 9.00. The second-order valence-corrected chi connectivity index (χ2v) is 7.29. The first kappa shape index (κ1) is 18.0. The molecule has 0 spiro atoms. The summed E-state index contributed by atoms with van der Waals surface area (Å²) in [7, 11) is 0. The normalized spacial score (nSPS) is 18.6. The zero-order valence-corrected chi connectivity index (χ0v) is 15.6. The fraction of sp³-hybridized carbons (Fsp3) is 0.474. The molecule has 1 N–H and O–H groups in total. The summed E-state index contributed by atoms with van der Waals surface area (Å²) >= 11 is 6.49. The topological polar surface area (TPSA) is 58.4 Å². The number of carbonyl (C=O) groups is 1. The van der Waals surface area contributed by atoms with Gasteiger partial charge in [0.2, 0.25) is 0 Å². The van der Waals surface area contributed by atoms with Gasteiger partial charge in [0.25, 0.3) is 5.91 Å². The van der Waals surface area contributed by atoms with Crippen LogP contribution in [0.2, 0.25) is 5.15 Å². The van der Waals surface area contributed by atoms with Crippen molar-refractivity contribution in [3.8, 4) is 0 Å². The minimum atomic E-state index is -0.404. The molecule has 1 aliphatic rings. The summed E-state index contributed by atoms with van der Waals surface area (Å²) < 4.78 is 1.68. The summed E-state index contributed by atoms with van der Waals surface area (Å²) in [6.45, 7) is 7.37. The maximum Gasteiger partial charge on any atom is 0.258 e. The predicted octanol–water partition coefficient (Wildman–Crippen LogP) is 3.04. The summed E-state index contributed by atoms with van der Waals surface area (Å²) in [6, 6.07) is 8.17. The van der Waals surface area contributed by atoms with Crippen molar-refractivity contribution in [3.05, 3.63) is 51.8 Å². The average molecular weight is 362 g/mol. The number of nitrogens with zero attached hydrogens (tertiary/aromatic N) is 3. The Kier molecular flexibility index (Phi) is 5.16. The number of amides is 1. The molecule has 1 saturated heterocycles. The Labute approximate surface area is 153 Å². The van der Waals surface area contributed by atoms with Gasteiger partial charge in [-0.25, -0.2) is 4.68 Å². The van der Waals surface area contributed by atoms with Crippen LogP contribution in [0.1, 0.15) is 40.5 Å². The number of aliphatic hydroxyl groups is 1. The van der Waals surface area contributed by atoms with Crippen molar-refractivity contribution >= 4 is 17.5 Å². The highest BCUT2D eigenvalue weighted by molar-refractivity contribution is 6.33. The van der Waals surface area contributed by atoms with Crippen LogP contribution in [0.3, 0.4) is 0 Å². The van der Waals surface area contributed by atoms with E-state index in [2.05, 4.69) is 5.10 Å². The molecule has 134 valence electrons. The van der Waals surface area contributed by atoms with Gasteiger partial charge >= 0.3 is 0 Å². The van der Waals surface area contributed by atoms with E-state index in [1.54, 1.807) is 16.5 Å². The van der Waals surface area contributed by atoms with Crippen molar-refractivity contribution in [1.29, 1.82) is 0 Å². The third kappa shape index (κ3) is 3.72. The van der Waals surface area contributed by atoms with Gasteiger partial charge in [-0.3, -0.25) is 4.79 Å². The quantitative estimate of drug-likeness (QED) is 0.910. The van der Waals surface area contributed by atoms with E-state index in [-0.39, 0.29) is 11.8 Å². The number of aromatic nitrogens is 2. The molecule has 0 aliphatic carbocycles. The molecular weight excluding hydrogens is 338 g/mol. The highest BCUT2D eigenvalue weighted by Gasteiger charge is 2.32. The largest absolute Gasteiger partial charge is 0.393 e. The van der Waals surface area contributed by atoms with Gasteiger partial charge in [-0.2, -0.15) is 5.10 Å². The Bertz CT molecular complexity index is 768. The summed E-state index contributed by atoms with van der Waals surface area (Å²) in [6.07, 6.45) is 0.413. The lowest BCUT2D eigenvalue weighted by molar-refractivity contribution is 0.0762. The number of benzene rings is 1. The van der Waals surface area contributed by atoms with E-state index in [0.29, 0.717) is 36.0 Å². The van der Waals surface area contributed by atoms with Gasteiger partial charge in [0, 0.05) is 19.0 Å². The van der Waals surface area contributed by atoms with Crippen molar-refractivity contribution in [1.82, 2.24) is 14.7 Å². The third-order valence-corrected chi connectivity index (χ3v) is 5.31. The summed E-state index contributed by atoms with van der Waals surface area (Å²) in [5.41, 5.74) is 3.40. The first-order chi connectivity index (χ1) is 11.9. The molecule has 0 bridgehead atoms. The van der Waals surface area contributed by atoms with Crippen LogP contribution in [-0.2, 0) is 6.54 Å². The summed E-state index contributed by atoms with van der Waals surface area (Å²) in [4.78, 5) is 14.6. The Hall–Kier alpha value is -1.85. The number of hydrogen-bond acceptors (Lipinski definition) is 3. The van der Waals surface area contributed by atoms with E-state index in [1.807, 2.05) is 38.1 Å². The molecule has 1 amide bonds. The Morgan fingerprint density at radius 3 is 2.64 bits per heavy atom. The van der Waals surface area contributed by atoms with Crippen molar-refractivity contribution in [2.45, 2.75) is 39.8 Å². The SMILES string of the molecule is Cc1ccc(Cn2nc(C)c(C(=O)N3CC[C@@H]([C@@H](C)O)C3)c2Cl)cc1. The highest BCUT2D eigenvalue weighted by Crippen LogP contribution is 2.27. The molecule has 2 atom stereocenters.